The fourth-order valence-corrected chi connectivity index (χ4v) is 2.54. The molecule has 0 unspecified atom stereocenters. The van der Waals surface area contributed by atoms with Crippen LogP contribution in [-0.4, -0.2) is 31.3 Å². The molecule has 0 bridgehead atoms. The smallest absolute Gasteiger partial charge is 0.387 e. The summed E-state index contributed by atoms with van der Waals surface area (Å²) in [5.41, 5.74) is 0.857. The Morgan fingerprint density at radius 1 is 1.22 bits per heavy atom. The van der Waals surface area contributed by atoms with Crippen molar-refractivity contribution in [2.45, 2.75) is 20.1 Å². The summed E-state index contributed by atoms with van der Waals surface area (Å²) in [6.45, 7) is -1.27. The molecule has 0 atom stereocenters. The third-order valence-electron chi connectivity index (χ3n) is 3.75. The third kappa shape index (κ3) is 3.97. The summed E-state index contributed by atoms with van der Waals surface area (Å²) in [4.78, 5) is 23.7. The maximum absolute atomic E-state index is 12.2. The van der Waals surface area contributed by atoms with Crippen LogP contribution in [0.25, 0.3) is 5.69 Å². The molecule has 1 aromatic heterocycles. The Bertz CT molecular complexity index is 1030. The maximum Gasteiger partial charge on any atom is 0.387 e. The van der Waals surface area contributed by atoms with Gasteiger partial charge in [-0.3, -0.25) is 10.1 Å². The molecular weight excluding hydrogens is 364 g/mol. The van der Waals surface area contributed by atoms with Gasteiger partial charge in [-0.2, -0.15) is 8.78 Å². The van der Waals surface area contributed by atoms with Gasteiger partial charge in [0.2, 0.25) is 0 Å². The number of nitro groups is 1. The molecule has 9 nitrogen and oxygen atoms in total. The highest BCUT2D eigenvalue weighted by molar-refractivity contribution is 5.42. The largest absolute Gasteiger partial charge is 0.435 e. The number of nitro benzene ring substituents is 1. The van der Waals surface area contributed by atoms with Crippen LogP contribution in [0.1, 0.15) is 11.1 Å². The average Bonchev–Trinajstić information content (AvgIpc) is 2.96. The lowest BCUT2D eigenvalue weighted by atomic mass is 10.1. The molecular formula is C16H13F2N5O4. The SMILES string of the molecule is Cc1cc(Cn2c(=O)nnn2-c2ccc(OC(F)F)cc2)ccc1[N+](=O)[O-]. The fraction of sp³-hybridized carbons (Fsp3) is 0.188. The Balaban J connectivity index is 1.90. The van der Waals surface area contributed by atoms with E-state index in [9.17, 15) is 23.7 Å². The van der Waals surface area contributed by atoms with Gasteiger partial charge in [0.25, 0.3) is 5.69 Å². The molecule has 2 aromatic carbocycles. The zero-order valence-corrected chi connectivity index (χ0v) is 14.0. The Morgan fingerprint density at radius 3 is 2.52 bits per heavy atom. The van der Waals surface area contributed by atoms with Gasteiger partial charge in [0, 0.05) is 11.6 Å². The van der Waals surface area contributed by atoms with Crippen LogP contribution in [0.15, 0.2) is 47.3 Å². The van der Waals surface area contributed by atoms with E-state index in [-0.39, 0.29) is 18.0 Å². The third-order valence-corrected chi connectivity index (χ3v) is 3.75. The van der Waals surface area contributed by atoms with Crippen LogP contribution in [0.5, 0.6) is 5.75 Å². The van der Waals surface area contributed by atoms with Crippen molar-refractivity contribution >= 4 is 5.69 Å². The molecule has 0 radical (unpaired) electrons. The van der Waals surface area contributed by atoms with Crippen molar-refractivity contribution in [2.24, 2.45) is 0 Å². The van der Waals surface area contributed by atoms with Crippen molar-refractivity contribution in [1.82, 2.24) is 19.8 Å². The lowest BCUT2D eigenvalue weighted by Gasteiger charge is -2.10. The molecule has 3 rings (SSSR count). The second-order valence-electron chi connectivity index (χ2n) is 5.57. The van der Waals surface area contributed by atoms with Crippen molar-refractivity contribution in [3.05, 3.63) is 74.2 Å². The minimum absolute atomic E-state index is 0.0210. The standard InChI is InChI=1S/C16H13F2N5O4/c1-10-8-11(2-7-14(10)23(25)26)9-21-16(24)19-20-22(21)12-3-5-13(6-4-12)27-15(17)18/h2-8,15H,9H2,1H3. The van der Waals surface area contributed by atoms with Crippen LogP contribution >= 0.6 is 0 Å². The quantitative estimate of drug-likeness (QED) is 0.482. The van der Waals surface area contributed by atoms with E-state index in [1.807, 2.05) is 0 Å². The Kier molecular flexibility index (Phi) is 4.92. The number of aromatic nitrogens is 4. The average molecular weight is 377 g/mol. The predicted octanol–water partition coefficient (Wildman–Crippen LogP) is 2.30. The molecule has 0 saturated heterocycles. The van der Waals surface area contributed by atoms with E-state index in [2.05, 4.69) is 15.0 Å². The fourth-order valence-electron chi connectivity index (χ4n) is 2.54. The minimum Gasteiger partial charge on any atom is -0.435 e. The van der Waals surface area contributed by atoms with Crippen molar-refractivity contribution in [1.29, 1.82) is 0 Å². The molecule has 0 aliphatic rings. The summed E-state index contributed by atoms with van der Waals surface area (Å²) in [6, 6.07) is 10.0. The second kappa shape index (κ2) is 7.32. The Morgan fingerprint density at radius 2 is 1.93 bits per heavy atom. The molecule has 0 N–H and O–H groups in total. The highest BCUT2D eigenvalue weighted by atomic mass is 19.3. The van der Waals surface area contributed by atoms with Gasteiger partial charge < -0.3 is 4.74 Å². The van der Waals surface area contributed by atoms with Crippen LogP contribution in [0.4, 0.5) is 14.5 Å². The first kappa shape index (κ1) is 18.2. The Hall–Kier alpha value is -3.63. The Labute approximate surface area is 150 Å². The lowest BCUT2D eigenvalue weighted by molar-refractivity contribution is -0.385. The second-order valence-corrected chi connectivity index (χ2v) is 5.57. The number of benzene rings is 2. The van der Waals surface area contributed by atoms with Crippen LogP contribution < -0.4 is 10.4 Å². The summed E-state index contributed by atoms with van der Waals surface area (Å²) in [7, 11) is 0. The first-order valence-corrected chi connectivity index (χ1v) is 7.67. The van der Waals surface area contributed by atoms with E-state index < -0.39 is 17.2 Å². The topological polar surface area (TPSA) is 105 Å². The van der Waals surface area contributed by atoms with E-state index in [0.29, 0.717) is 16.8 Å². The first-order valence-electron chi connectivity index (χ1n) is 7.67. The monoisotopic (exact) mass is 377 g/mol. The molecule has 1 heterocycles. The van der Waals surface area contributed by atoms with E-state index in [1.54, 1.807) is 13.0 Å². The normalized spacial score (nSPS) is 11.0. The highest BCUT2D eigenvalue weighted by Gasteiger charge is 2.14. The van der Waals surface area contributed by atoms with E-state index in [0.717, 1.165) is 0 Å². The number of halogens is 2. The first-order chi connectivity index (χ1) is 12.8. The number of nitrogens with zero attached hydrogens (tertiary/aromatic N) is 5. The van der Waals surface area contributed by atoms with Gasteiger partial charge in [-0.1, -0.05) is 11.2 Å². The number of ether oxygens (including phenoxy) is 1. The number of aryl methyl sites for hydroxylation is 1. The maximum atomic E-state index is 12.2. The summed E-state index contributed by atoms with van der Waals surface area (Å²) in [5.74, 6) is -0.0336. The molecule has 140 valence electrons. The molecule has 0 fully saturated rings. The molecule has 11 heteroatoms. The number of hydrogen-bond donors (Lipinski definition) is 0. The van der Waals surface area contributed by atoms with Gasteiger partial charge in [0.05, 0.1) is 17.2 Å². The van der Waals surface area contributed by atoms with E-state index >= 15 is 0 Å². The molecule has 0 spiro atoms. The summed E-state index contributed by atoms with van der Waals surface area (Å²) in [5, 5.41) is 18.2. The zero-order chi connectivity index (χ0) is 19.6. The van der Waals surface area contributed by atoms with Gasteiger partial charge in [0.15, 0.2) is 0 Å². The summed E-state index contributed by atoms with van der Waals surface area (Å²) >= 11 is 0. The minimum atomic E-state index is -2.94. The highest BCUT2D eigenvalue weighted by Crippen LogP contribution is 2.20. The van der Waals surface area contributed by atoms with Crippen molar-refractivity contribution in [3.63, 3.8) is 0 Å². The summed E-state index contributed by atoms with van der Waals surface area (Å²) < 4.78 is 29.9. The number of rotatable bonds is 6. The predicted molar refractivity (Wildman–Crippen MR) is 89.2 cm³/mol. The molecule has 0 aliphatic carbocycles. The molecule has 0 saturated carbocycles. The van der Waals surface area contributed by atoms with Gasteiger partial charge in [-0.25, -0.2) is 9.48 Å². The molecule has 0 amide bonds. The van der Waals surface area contributed by atoms with Crippen LogP contribution in [0.3, 0.4) is 0 Å². The van der Waals surface area contributed by atoms with Crippen LogP contribution in [-0.2, 0) is 6.54 Å². The molecule has 27 heavy (non-hydrogen) atoms. The lowest BCUT2D eigenvalue weighted by Crippen LogP contribution is -2.24. The van der Waals surface area contributed by atoms with Crippen LogP contribution in [0, 0.1) is 17.0 Å². The zero-order valence-electron chi connectivity index (χ0n) is 14.0. The number of hydrogen-bond acceptors (Lipinski definition) is 6. The number of tetrazole rings is 1. The molecule has 3 aromatic rings. The van der Waals surface area contributed by atoms with E-state index in [4.69, 9.17) is 0 Å². The van der Waals surface area contributed by atoms with Crippen LogP contribution in [0.2, 0.25) is 0 Å². The summed E-state index contributed by atoms with van der Waals surface area (Å²) in [6.07, 6.45) is 0. The van der Waals surface area contributed by atoms with E-state index in [1.165, 1.54) is 45.9 Å². The van der Waals surface area contributed by atoms with Gasteiger partial charge in [0.1, 0.15) is 5.75 Å². The van der Waals surface area contributed by atoms with Gasteiger partial charge >= 0.3 is 12.3 Å². The molecule has 0 aliphatic heterocycles. The number of alkyl halides is 2. The van der Waals surface area contributed by atoms with Crippen molar-refractivity contribution in [2.75, 3.05) is 0 Å². The van der Waals surface area contributed by atoms with Crippen molar-refractivity contribution in [3.8, 4) is 11.4 Å². The van der Waals surface area contributed by atoms with Crippen molar-refractivity contribution < 1.29 is 18.4 Å². The van der Waals surface area contributed by atoms with Gasteiger partial charge in [-0.05, 0) is 48.0 Å². The van der Waals surface area contributed by atoms with Gasteiger partial charge in [-0.15, -0.1) is 4.80 Å².